The van der Waals surface area contributed by atoms with E-state index in [1.165, 1.54) is 15.4 Å². The van der Waals surface area contributed by atoms with Gasteiger partial charge in [-0.3, -0.25) is 4.68 Å². The minimum absolute atomic E-state index is 0.0813. The molecule has 0 radical (unpaired) electrons. The van der Waals surface area contributed by atoms with Gasteiger partial charge in [-0.25, -0.2) is 8.42 Å². The number of nitrogens with zero attached hydrogens (tertiary/aromatic N) is 3. The standard InChI is InChI=1S/C12H22N4O2S/c1-9-11(12(13)14-15(9)2)19(17,18)16(3)10-7-5-4-6-8-10/h10H,4-8H2,1-3H3,(H2,13,14). The highest BCUT2D eigenvalue weighted by molar-refractivity contribution is 7.89. The van der Waals surface area contributed by atoms with Crippen molar-refractivity contribution in [3.05, 3.63) is 5.69 Å². The zero-order chi connectivity index (χ0) is 14.2. The number of sulfonamides is 1. The Morgan fingerprint density at radius 2 is 1.89 bits per heavy atom. The van der Waals surface area contributed by atoms with Crippen molar-refractivity contribution < 1.29 is 8.42 Å². The Balaban J connectivity index is 2.36. The van der Waals surface area contributed by atoms with Gasteiger partial charge in [-0.2, -0.15) is 9.40 Å². The van der Waals surface area contributed by atoms with E-state index in [9.17, 15) is 8.42 Å². The Morgan fingerprint density at radius 1 is 1.32 bits per heavy atom. The highest BCUT2D eigenvalue weighted by Crippen LogP contribution is 2.30. The molecule has 19 heavy (non-hydrogen) atoms. The number of nitrogen functional groups attached to an aromatic ring is 1. The van der Waals surface area contributed by atoms with E-state index >= 15 is 0 Å². The highest BCUT2D eigenvalue weighted by Gasteiger charge is 2.33. The second-order valence-corrected chi connectivity index (χ2v) is 7.17. The van der Waals surface area contributed by atoms with E-state index in [-0.39, 0.29) is 16.8 Å². The van der Waals surface area contributed by atoms with Crippen LogP contribution in [0.1, 0.15) is 37.8 Å². The van der Waals surface area contributed by atoms with Gasteiger partial charge in [-0.05, 0) is 19.8 Å². The second-order valence-electron chi connectivity index (χ2n) is 5.24. The lowest BCUT2D eigenvalue weighted by atomic mass is 9.96. The van der Waals surface area contributed by atoms with Crippen LogP contribution in [0, 0.1) is 6.92 Å². The molecule has 1 aromatic rings. The Hall–Kier alpha value is -1.08. The van der Waals surface area contributed by atoms with Crippen LogP contribution in [0.5, 0.6) is 0 Å². The fourth-order valence-electron chi connectivity index (χ4n) is 2.72. The van der Waals surface area contributed by atoms with Gasteiger partial charge in [-0.1, -0.05) is 19.3 Å². The molecule has 1 aliphatic carbocycles. The molecule has 0 aliphatic heterocycles. The van der Waals surface area contributed by atoms with Gasteiger partial charge in [0.05, 0.1) is 5.69 Å². The molecule has 1 aliphatic rings. The Kier molecular flexibility index (Phi) is 3.87. The van der Waals surface area contributed by atoms with Crippen LogP contribution in [0.25, 0.3) is 0 Å². The van der Waals surface area contributed by atoms with Crippen LogP contribution in [0.15, 0.2) is 4.90 Å². The Morgan fingerprint density at radius 3 is 2.37 bits per heavy atom. The van der Waals surface area contributed by atoms with Crippen LogP contribution in [0.4, 0.5) is 5.82 Å². The average molecular weight is 286 g/mol. The molecule has 7 heteroatoms. The number of aryl methyl sites for hydroxylation is 1. The summed E-state index contributed by atoms with van der Waals surface area (Å²) in [7, 11) is -0.204. The van der Waals surface area contributed by atoms with E-state index in [0.717, 1.165) is 25.7 Å². The van der Waals surface area contributed by atoms with Gasteiger partial charge in [0.15, 0.2) is 5.82 Å². The fourth-order valence-corrected chi connectivity index (χ4v) is 4.42. The SMILES string of the molecule is Cc1c(S(=O)(=O)N(C)C2CCCCC2)c(N)nn1C. The first-order chi connectivity index (χ1) is 8.85. The molecular formula is C12H22N4O2S. The zero-order valence-corrected chi connectivity index (χ0v) is 12.6. The lowest BCUT2D eigenvalue weighted by molar-refractivity contribution is 0.286. The van der Waals surface area contributed by atoms with E-state index in [0.29, 0.717) is 5.69 Å². The summed E-state index contributed by atoms with van der Waals surface area (Å²) in [6, 6.07) is 0.0813. The maximum absolute atomic E-state index is 12.7. The van der Waals surface area contributed by atoms with E-state index in [2.05, 4.69) is 5.10 Å². The molecule has 1 saturated carbocycles. The third-order valence-electron chi connectivity index (χ3n) is 4.03. The van der Waals surface area contributed by atoms with Gasteiger partial charge in [0.25, 0.3) is 0 Å². The molecule has 0 unspecified atom stereocenters. The molecule has 1 heterocycles. The van der Waals surface area contributed by atoms with Crippen molar-refractivity contribution in [3.63, 3.8) is 0 Å². The number of hydrogen-bond acceptors (Lipinski definition) is 4. The first-order valence-electron chi connectivity index (χ1n) is 6.63. The number of aromatic nitrogens is 2. The van der Waals surface area contributed by atoms with Gasteiger partial charge >= 0.3 is 0 Å². The summed E-state index contributed by atoms with van der Waals surface area (Å²) in [6.07, 6.45) is 5.22. The van der Waals surface area contributed by atoms with Crippen molar-refractivity contribution in [2.24, 2.45) is 7.05 Å². The summed E-state index contributed by atoms with van der Waals surface area (Å²) < 4.78 is 28.3. The van der Waals surface area contributed by atoms with Crippen molar-refractivity contribution in [2.75, 3.05) is 12.8 Å². The third kappa shape index (κ3) is 2.49. The molecule has 0 saturated heterocycles. The number of nitrogens with two attached hydrogens (primary N) is 1. The minimum atomic E-state index is -3.55. The quantitative estimate of drug-likeness (QED) is 0.907. The molecule has 1 fully saturated rings. The average Bonchev–Trinajstić information content (AvgIpc) is 2.63. The van der Waals surface area contributed by atoms with Crippen LogP contribution in [-0.4, -0.2) is 35.6 Å². The normalized spacial score (nSPS) is 18.1. The molecule has 1 aromatic heterocycles. The monoisotopic (exact) mass is 286 g/mol. The summed E-state index contributed by atoms with van der Waals surface area (Å²) in [5.74, 6) is 0.0858. The van der Waals surface area contributed by atoms with Crippen LogP contribution < -0.4 is 5.73 Å². The van der Waals surface area contributed by atoms with E-state index in [4.69, 9.17) is 5.73 Å². The van der Waals surface area contributed by atoms with Crippen molar-refractivity contribution in [1.29, 1.82) is 0 Å². The van der Waals surface area contributed by atoms with Gasteiger partial charge < -0.3 is 5.73 Å². The summed E-state index contributed by atoms with van der Waals surface area (Å²) in [5.41, 5.74) is 6.34. The first kappa shape index (κ1) is 14.3. The van der Waals surface area contributed by atoms with Crippen molar-refractivity contribution in [1.82, 2.24) is 14.1 Å². The van der Waals surface area contributed by atoms with Crippen molar-refractivity contribution in [3.8, 4) is 0 Å². The van der Waals surface area contributed by atoms with E-state index < -0.39 is 10.0 Å². The molecule has 108 valence electrons. The van der Waals surface area contributed by atoms with Gasteiger partial charge in [0.1, 0.15) is 4.90 Å². The molecule has 0 bridgehead atoms. The van der Waals surface area contributed by atoms with Gasteiger partial charge in [0.2, 0.25) is 10.0 Å². The second kappa shape index (κ2) is 5.13. The first-order valence-corrected chi connectivity index (χ1v) is 8.07. The van der Waals surface area contributed by atoms with Crippen LogP contribution >= 0.6 is 0 Å². The van der Waals surface area contributed by atoms with E-state index in [1.807, 2.05) is 0 Å². The van der Waals surface area contributed by atoms with Crippen LogP contribution in [-0.2, 0) is 17.1 Å². The molecule has 0 amide bonds. The molecule has 0 spiro atoms. The Bertz CT molecular complexity index is 559. The molecule has 0 atom stereocenters. The lowest BCUT2D eigenvalue weighted by Crippen LogP contribution is -2.38. The number of hydrogen-bond donors (Lipinski definition) is 1. The number of anilines is 1. The third-order valence-corrected chi connectivity index (χ3v) is 6.11. The molecule has 6 nitrogen and oxygen atoms in total. The predicted molar refractivity (Wildman–Crippen MR) is 74.2 cm³/mol. The van der Waals surface area contributed by atoms with Crippen LogP contribution in [0.2, 0.25) is 0 Å². The van der Waals surface area contributed by atoms with Gasteiger partial charge in [-0.15, -0.1) is 0 Å². The fraction of sp³-hybridized carbons (Fsp3) is 0.750. The van der Waals surface area contributed by atoms with E-state index in [1.54, 1.807) is 21.0 Å². The topological polar surface area (TPSA) is 81.2 Å². The maximum atomic E-state index is 12.7. The van der Waals surface area contributed by atoms with Crippen molar-refractivity contribution in [2.45, 2.75) is 50.0 Å². The zero-order valence-electron chi connectivity index (χ0n) is 11.8. The molecule has 2 rings (SSSR count). The summed E-state index contributed by atoms with van der Waals surface area (Å²) in [6.45, 7) is 1.73. The predicted octanol–water partition coefficient (Wildman–Crippen LogP) is 1.26. The van der Waals surface area contributed by atoms with Gasteiger partial charge in [0, 0.05) is 20.1 Å². The summed E-state index contributed by atoms with van der Waals surface area (Å²) in [5, 5.41) is 3.99. The van der Waals surface area contributed by atoms with Crippen LogP contribution in [0.3, 0.4) is 0 Å². The highest BCUT2D eigenvalue weighted by atomic mass is 32.2. The maximum Gasteiger partial charge on any atom is 0.248 e. The molecule has 2 N–H and O–H groups in total. The summed E-state index contributed by atoms with van der Waals surface area (Å²) >= 11 is 0. The van der Waals surface area contributed by atoms with Crippen molar-refractivity contribution >= 4 is 15.8 Å². The molecular weight excluding hydrogens is 264 g/mol. The summed E-state index contributed by atoms with van der Waals surface area (Å²) in [4.78, 5) is 0.156. The lowest BCUT2D eigenvalue weighted by Gasteiger charge is -2.30. The molecule has 0 aromatic carbocycles. The minimum Gasteiger partial charge on any atom is -0.381 e. The largest absolute Gasteiger partial charge is 0.381 e. The Labute approximate surface area is 114 Å². The smallest absolute Gasteiger partial charge is 0.248 e. The number of rotatable bonds is 3.